The number of benzene rings is 2. The minimum atomic E-state index is -5.02. The van der Waals surface area contributed by atoms with E-state index in [1.807, 2.05) is 60.7 Å². The van der Waals surface area contributed by atoms with E-state index in [2.05, 4.69) is 15.5 Å². The minimum Gasteiger partial charge on any atom is -0.450 e. The Morgan fingerprint density at radius 3 is 2.28 bits per heavy atom. The lowest BCUT2D eigenvalue weighted by Crippen LogP contribution is -2.74. The number of cyclic esters (lactones) is 1. The van der Waals surface area contributed by atoms with Crippen molar-refractivity contribution in [2.45, 2.75) is 36.6 Å². The predicted molar refractivity (Wildman–Crippen MR) is 164 cm³/mol. The third kappa shape index (κ3) is 6.60. The van der Waals surface area contributed by atoms with Gasteiger partial charge < -0.3 is 30.3 Å². The van der Waals surface area contributed by atoms with Gasteiger partial charge in [-0.25, -0.2) is 18.9 Å². The van der Waals surface area contributed by atoms with Crippen molar-refractivity contribution in [1.82, 2.24) is 19.5 Å². The van der Waals surface area contributed by atoms with Gasteiger partial charge in [0.25, 0.3) is 11.8 Å². The zero-order valence-electron chi connectivity index (χ0n) is 24.4. The van der Waals surface area contributed by atoms with Gasteiger partial charge >= 0.3 is 22.4 Å². The van der Waals surface area contributed by atoms with E-state index in [1.165, 1.54) is 5.38 Å². The first kappa shape index (κ1) is 31.9. The molecule has 2 aromatic carbocycles. The number of nitrogens with two attached hydrogens (primary N) is 1. The average molecular weight is 685 g/mol. The van der Waals surface area contributed by atoms with Crippen molar-refractivity contribution in [2.75, 3.05) is 25.4 Å². The number of nitrogens with one attached hydrogen (secondary N) is 1. The lowest BCUT2D eigenvalue weighted by Gasteiger charge is -2.45. The number of oxime groups is 1. The molecular weight excluding hydrogens is 656 g/mol. The number of carbonyl (C=O) groups is 4. The summed E-state index contributed by atoms with van der Waals surface area (Å²) in [5, 5.41) is 7.85. The number of thiazole rings is 1. The molecule has 2 aliphatic heterocycles. The summed E-state index contributed by atoms with van der Waals surface area (Å²) < 4.78 is 44.4. The lowest BCUT2D eigenvalue weighted by atomic mass is 9.97. The van der Waals surface area contributed by atoms with E-state index in [9.17, 15) is 32.1 Å². The van der Waals surface area contributed by atoms with E-state index in [1.54, 1.807) is 0 Å². The minimum absolute atomic E-state index is 0.0429. The quantitative estimate of drug-likeness (QED) is 0.0807. The smallest absolute Gasteiger partial charge is 0.410 e. The van der Waals surface area contributed by atoms with Crippen LogP contribution in [-0.2, 0) is 39.0 Å². The van der Waals surface area contributed by atoms with E-state index in [0.29, 0.717) is 0 Å². The van der Waals surface area contributed by atoms with Crippen molar-refractivity contribution < 1.29 is 46.5 Å². The number of nitrogen functional groups attached to an aromatic ring is 1. The largest absolute Gasteiger partial charge is 0.450 e. The number of anilines is 1. The molecule has 18 heteroatoms. The Morgan fingerprint density at radius 2 is 1.77 bits per heavy atom. The Morgan fingerprint density at radius 1 is 1.13 bits per heavy atom. The van der Waals surface area contributed by atoms with Gasteiger partial charge in [0.15, 0.2) is 16.9 Å². The molecule has 2 atom stereocenters. The lowest BCUT2D eigenvalue weighted by molar-refractivity contribution is -0.164. The highest BCUT2D eigenvalue weighted by molar-refractivity contribution is 7.84. The summed E-state index contributed by atoms with van der Waals surface area (Å²) in [6.07, 6.45) is -1.03. The monoisotopic (exact) mass is 684 g/mol. The van der Waals surface area contributed by atoms with E-state index < -0.39 is 63.7 Å². The van der Waals surface area contributed by atoms with E-state index in [0.717, 1.165) is 27.4 Å². The summed E-state index contributed by atoms with van der Waals surface area (Å²) in [7, 11) is -5.02. The molecule has 246 valence electrons. The molecule has 0 bridgehead atoms. The standard InChI is InChI=1S/C29H28N6O10S2/c30-27-31-19(16-46-27)21(24(36)32-22-20(15-34-13-14-43-28(34)39)35(25(22)37)47(40,41)42)33-45-29(11-12-29)26(38)44-23(17-7-3-1-4-8-17)18-9-5-2-6-10-18/h1-10,16,20,22-23H,11-15H2,(H2,30,31)(H,32,36)(H,40,41,42)/b33-21-/t20-,22+/m1/s1. The fourth-order valence-corrected chi connectivity index (χ4v) is 6.57. The molecule has 0 spiro atoms. The predicted octanol–water partition coefficient (Wildman–Crippen LogP) is 1.26. The van der Waals surface area contributed by atoms with E-state index in [-0.39, 0.29) is 47.7 Å². The van der Waals surface area contributed by atoms with Crippen LogP contribution in [-0.4, -0.2) is 94.1 Å². The summed E-state index contributed by atoms with van der Waals surface area (Å²) in [5.41, 5.74) is 5.22. The van der Waals surface area contributed by atoms with Crippen molar-refractivity contribution >= 4 is 56.4 Å². The molecule has 6 rings (SSSR count). The number of carbonyl (C=O) groups excluding carboxylic acids is 4. The molecule has 1 saturated carbocycles. The van der Waals surface area contributed by atoms with Crippen molar-refractivity contribution in [3.8, 4) is 0 Å². The number of ether oxygens (including phenoxy) is 2. The summed E-state index contributed by atoms with van der Waals surface area (Å²) in [6, 6.07) is 15.4. The maximum atomic E-state index is 13.6. The zero-order chi connectivity index (χ0) is 33.3. The second-order valence-corrected chi connectivity index (χ2v) is 13.1. The fourth-order valence-electron chi connectivity index (χ4n) is 5.15. The molecule has 3 fully saturated rings. The van der Waals surface area contributed by atoms with Gasteiger partial charge in [0.1, 0.15) is 18.3 Å². The van der Waals surface area contributed by atoms with Gasteiger partial charge in [0, 0.05) is 24.8 Å². The first-order valence-corrected chi connectivity index (χ1v) is 16.6. The Kier molecular flexibility index (Phi) is 8.56. The summed E-state index contributed by atoms with van der Waals surface area (Å²) in [5.74, 6) is -2.88. The van der Waals surface area contributed by atoms with Crippen LogP contribution in [0.25, 0.3) is 0 Å². The van der Waals surface area contributed by atoms with Gasteiger partial charge in [-0.05, 0) is 11.1 Å². The van der Waals surface area contributed by atoms with Gasteiger partial charge in [-0.3, -0.25) is 14.1 Å². The molecule has 16 nitrogen and oxygen atoms in total. The molecule has 1 aromatic heterocycles. The van der Waals surface area contributed by atoms with Crippen LogP contribution in [0.3, 0.4) is 0 Å². The van der Waals surface area contributed by atoms with Crippen LogP contribution < -0.4 is 11.1 Å². The number of hydrogen-bond acceptors (Lipinski definition) is 13. The molecular formula is C29H28N6O10S2. The van der Waals surface area contributed by atoms with Crippen LogP contribution in [0.15, 0.2) is 71.2 Å². The Labute approximate surface area is 272 Å². The summed E-state index contributed by atoms with van der Waals surface area (Å²) in [6.45, 7) is -0.208. The number of aromatic nitrogens is 1. The molecule has 47 heavy (non-hydrogen) atoms. The Hall–Kier alpha value is -5.07. The van der Waals surface area contributed by atoms with Crippen LogP contribution in [0.2, 0.25) is 0 Å². The summed E-state index contributed by atoms with van der Waals surface area (Å²) >= 11 is 0.987. The maximum Gasteiger partial charge on any atom is 0.410 e. The fraction of sp³-hybridized carbons (Fsp3) is 0.310. The SMILES string of the molecule is Nc1nc(/C(=N/OC2(C(=O)OC(c3ccccc3)c3ccccc3)CC2)C(=O)N[C@@H]2C(=O)N(S(=O)(=O)O)[C@@H]2CN2CCOC2=O)cs1. The maximum absolute atomic E-state index is 13.6. The van der Waals surface area contributed by atoms with Crippen LogP contribution in [0.5, 0.6) is 0 Å². The second kappa shape index (κ2) is 12.6. The highest BCUT2D eigenvalue weighted by Crippen LogP contribution is 2.43. The number of amides is 3. The number of hydrogen-bond donors (Lipinski definition) is 3. The van der Waals surface area contributed by atoms with Gasteiger partial charge in [-0.1, -0.05) is 65.8 Å². The van der Waals surface area contributed by atoms with E-state index >= 15 is 0 Å². The second-order valence-electron chi connectivity index (χ2n) is 10.9. The molecule has 3 aromatic rings. The molecule has 0 unspecified atom stereocenters. The molecule has 2 saturated heterocycles. The van der Waals surface area contributed by atoms with Gasteiger partial charge in [-0.15, -0.1) is 11.3 Å². The third-order valence-electron chi connectivity index (χ3n) is 7.75. The Balaban J connectivity index is 1.22. The highest BCUT2D eigenvalue weighted by Gasteiger charge is 2.57. The first-order valence-electron chi connectivity index (χ1n) is 14.3. The van der Waals surface area contributed by atoms with Crippen LogP contribution in [0.4, 0.5) is 9.93 Å². The van der Waals surface area contributed by atoms with Crippen molar-refractivity contribution in [1.29, 1.82) is 0 Å². The number of β-lactam (4-membered cyclic amide) rings is 1. The molecule has 3 heterocycles. The average Bonchev–Trinajstić information content (AvgIpc) is 3.55. The highest BCUT2D eigenvalue weighted by atomic mass is 32.2. The topological polar surface area (TPSA) is 220 Å². The normalized spacial score (nSPS) is 20.4. The molecule has 1 aliphatic carbocycles. The van der Waals surface area contributed by atoms with Gasteiger partial charge in [-0.2, -0.15) is 8.42 Å². The number of nitrogens with zero attached hydrogens (tertiary/aromatic N) is 4. The van der Waals surface area contributed by atoms with Crippen molar-refractivity contribution in [2.24, 2.45) is 5.16 Å². The van der Waals surface area contributed by atoms with Crippen molar-refractivity contribution in [3.63, 3.8) is 0 Å². The van der Waals surface area contributed by atoms with Gasteiger partial charge in [0.05, 0.1) is 12.6 Å². The number of rotatable bonds is 12. The van der Waals surface area contributed by atoms with Crippen LogP contribution in [0.1, 0.15) is 35.8 Å². The van der Waals surface area contributed by atoms with Gasteiger partial charge in [0.2, 0.25) is 5.60 Å². The van der Waals surface area contributed by atoms with Crippen LogP contribution in [0, 0.1) is 0 Å². The molecule has 4 N–H and O–H groups in total. The Bertz CT molecular complexity index is 1790. The third-order valence-corrected chi connectivity index (χ3v) is 9.38. The zero-order valence-corrected chi connectivity index (χ0v) is 26.1. The van der Waals surface area contributed by atoms with Crippen LogP contribution >= 0.6 is 11.3 Å². The number of esters is 1. The molecule has 3 aliphatic rings. The first-order chi connectivity index (χ1) is 22.5. The molecule has 3 amide bonds. The van der Waals surface area contributed by atoms with E-state index in [4.69, 9.17) is 20.0 Å². The van der Waals surface area contributed by atoms with Crippen molar-refractivity contribution in [3.05, 3.63) is 82.9 Å². The summed E-state index contributed by atoms with van der Waals surface area (Å²) in [4.78, 5) is 62.8. The molecule has 0 radical (unpaired) electrons.